The molecule has 48 valence electrons. The number of thiocarbonyl (C=S) groups is 1. The van der Waals surface area contributed by atoms with Gasteiger partial charge in [-0.3, -0.25) is 0 Å². The molecule has 8 heavy (non-hydrogen) atoms. The van der Waals surface area contributed by atoms with Gasteiger partial charge < -0.3 is 4.74 Å². The van der Waals surface area contributed by atoms with Crippen molar-refractivity contribution >= 4 is 40.0 Å². The topological polar surface area (TPSA) is 9.23 Å². The predicted molar refractivity (Wildman–Crippen MR) is 42.5 cm³/mol. The molecule has 0 aliphatic heterocycles. The quantitative estimate of drug-likeness (QED) is 0.465. The Kier molecular flexibility index (Phi) is 6.04. The predicted octanol–water partition coefficient (Wildman–Crippen LogP) is 2.24. The summed E-state index contributed by atoms with van der Waals surface area (Å²) in [5.74, 6) is 0. The van der Waals surface area contributed by atoms with Gasteiger partial charge in [0.1, 0.15) is 0 Å². The zero-order valence-electron chi connectivity index (χ0n) is 4.52. The van der Waals surface area contributed by atoms with Gasteiger partial charge in [-0.1, -0.05) is 11.8 Å². The molecular weight excluding hydrogens is 164 g/mol. The van der Waals surface area contributed by atoms with Crippen molar-refractivity contribution in [3.05, 3.63) is 0 Å². The minimum absolute atomic E-state index is 0.471. The number of hydrogen-bond donors (Lipinski definition) is 0. The zero-order valence-corrected chi connectivity index (χ0v) is 6.91. The number of alkyl halides is 1. The van der Waals surface area contributed by atoms with Gasteiger partial charge in [-0.05, 0) is 19.1 Å². The molecule has 0 N–H and O–H groups in total. The molecule has 4 heteroatoms. The lowest BCUT2D eigenvalue weighted by Gasteiger charge is -1.98. The standard InChI is InChI=1S/C4H7ClOS2/c1-2-6-4(7)8-3-5/h2-3H2,1H3. The summed E-state index contributed by atoms with van der Waals surface area (Å²) in [5, 5.41) is 0.471. The van der Waals surface area contributed by atoms with Crippen molar-refractivity contribution in [2.24, 2.45) is 0 Å². The summed E-state index contributed by atoms with van der Waals surface area (Å²) in [6.45, 7) is 2.52. The molecule has 0 saturated carbocycles. The minimum atomic E-state index is 0.471. The normalized spacial score (nSPS) is 8.75. The summed E-state index contributed by atoms with van der Waals surface area (Å²) in [7, 11) is 0. The molecule has 0 aromatic carbocycles. The van der Waals surface area contributed by atoms with Crippen molar-refractivity contribution in [3.63, 3.8) is 0 Å². The third kappa shape index (κ3) is 4.68. The van der Waals surface area contributed by atoms with Gasteiger partial charge in [0.15, 0.2) is 0 Å². The summed E-state index contributed by atoms with van der Waals surface area (Å²) in [5.41, 5.74) is 0. The summed E-state index contributed by atoms with van der Waals surface area (Å²) in [4.78, 5) is 0. The first kappa shape index (κ1) is 8.53. The van der Waals surface area contributed by atoms with Crippen LogP contribution in [0.1, 0.15) is 6.92 Å². The van der Waals surface area contributed by atoms with Crippen LogP contribution >= 0.6 is 35.6 Å². The SMILES string of the molecule is CCOC(=S)SCCl. The molecule has 0 fully saturated rings. The molecule has 0 atom stereocenters. The van der Waals surface area contributed by atoms with Crippen molar-refractivity contribution in [1.82, 2.24) is 0 Å². The van der Waals surface area contributed by atoms with Crippen LogP contribution in [0.15, 0.2) is 0 Å². The third-order valence-corrected chi connectivity index (χ3v) is 1.70. The Bertz CT molecular complexity index is 68.4. The number of rotatable bonds is 2. The Hall–Kier alpha value is 0.530. The molecule has 1 nitrogen and oxygen atoms in total. The Morgan fingerprint density at radius 1 is 1.88 bits per heavy atom. The Balaban J connectivity index is 3.06. The van der Waals surface area contributed by atoms with E-state index < -0.39 is 0 Å². The van der Waals surface area contributed by atoms with Crippen molar-refractivity contribution in [2.75, 3.05) is 11.8 Å². The highest BCUT2D eigenvalue weighted by Gasteiger charge is 1.91. The zero-order chi connectivity index (χ0) is 6.41. The van der Waals surface area contributed by atoms with Gasteiger partial charge in [0.2, 0.25) is 4.38 Å². The summed E-state index contributed by atoms with van der Waals surface area (Å²) in [6, 6.07) is 0. The second-order valence-corrected chi connectivity index (χ2v) is 3.10. The van der Waals surface area contributed by atoms with E-state index in [1.165, 1.54) is 11.8 Å². The molecule has 0 amide bonds. The van der Waals surface area contributed by atoms with E-state index in [4.69, 9.17) is 28.6 Å². The highest BCUT2D eigenvalue weighted by atomic mass is 35.5. The lowest BCUT2D eigenvalue weighted by atomic mass is 10.9. The van der Waals surface area contributed by atoms with Crippen LogP contribution in [-0.4, -0.2) is 16.2 Å². The lowest BCUT2D eigenvalue weighted by Crippen LogP contribution is -1.94. The van der Waals surface area contributed by atoms with Crippen LogP contribution in [0.3, 0.4) is 0 Å². The molecule has 0 radical (unpaired) electrons. The second-order valence-electron chi connectivity index (χ2n) is 0.936. The Morgan fingerprint density at radius 3 is 2.88 bits per heavy atom. The maximum atomic E-state index is 5.33. The molecule has 0 aliphatic rings. The Labute approximate surface area is 63.7 Å². The number of thioether (sulfide) groups is 1. The van der Waals surface area contributed by atoms with Gasteiger partial charge in [0, 0.05) is 0 Å². The smallest absolute Gasteiger partial charge is 0.221 e. The fourth-order valence-corrected chi connectivity index (χ4v) is 1.28. The van der Waals surface area contributed by atoms with Gasteiger partial charge in [-0.15, -0.1) is 11.6 Å². The first-order valence-electron chi connectivity index (χ1n) is 2.16. The van der Waals surface area contributed by atoms with Crippen LogP contribution in [0, 0.1) is 0 Å². The molecule has 0 saturated heterocycles. The van der Waals surface area contributed by atoms with Crippen LogP contribution < -0.4 is 0 Å². The molecule has 0 rings (SSSR count). The van der Waals surface area contributed by atoms with Crippen LogP contribution in [-0.2, 0) is 4.74 Å². The highest BCUT2D eigenvalue weighted by Crippen LogP contribution is 2.06. The van der Waals surface area contributed by atoms with E-state index in [-0.39, 0.29) is 0 Å². The molecule has 0 aromatic heterocycles. The lowest BCUT2D eigenvalue weighted by molar-refractivity contribution is 0.346. The molecule has 0 bridgehead atoms. The first-order chi connectivity index (χ1) is 3.81. The van der Waals surface area contributed by atoms with Crippen LogP contribution in [0.2, 0.25) is 0 Å². The Morgan fingerprint density at radius 2 is 2.50 bits per heavy atom. The van der Waals surface area contributed by atoms with E-state index in [1.807, 2.05) is 6.92 Å². The number of halogens is 1. The van der Waals surface area contributed by atoms with Crippen molar-refractivity contribution < 1.29 is 4.74 Å². The van der Waals surface area contributed by atoms with Crippen LogP contribution in [0.4, 0.5) is 0 Å². The van der Waals surface area contributed by atoms with Gasteiger partial charge in [-0.25, -0.2) is 0 Å². The molecule has 0 unspecified atom stereocenters. The fourth-order valence-electron chi connectivity index (χ4n) is 0.204. The van der Waals surface area contributed by atoms with Crippen molar-refractivity contribution in [2.45, 2.75) is 6.92 Å². The van der Waals surface area contributed by atoms with Gasteiger partial charge in [0.05, 0.1) is 11.8 Å². The molecule has 0 spiro atoms. The van der Waals surface area contributed by atoms with Crippen molar-refractivity contribution in [1.29, 1.82) is 0 Å². The number of hydrogen-bond acceptors (Lipinski definition) is 3. The molecule has 0 aromatic rings. The van der Waals surface area contributed by atoms with E-state index in [1.54, 1.807) is 0 Å². The van der Waals surface area contributed by atoms with E-state index in [0.717, 1.165) is 0 Å². The summed E-state index contributed by atoms with van der Waals surface area (Å²) >= 11 is 11.4. The van der Waals surface area contributed by atoms with Crippen molar-refractivity contribution in [3.8, 4) is 0 Å². The average Bonchev–Trinajstić information content (AvgIpc) is 1.68. The largest absolute Gasteiger partial charge is 0.479 e. The van der Waals surface area contributed by atoms with Crippen LogP contribution in [0.25, 0.3) is 0 Å². The van der Waals surface area contributed by atoms with Crippen LogP contribution in [0.5, 0.6) is 0 Å². The fraction of sp³-hybridized carbons (Fsp3) is 0.750. The molecular formula is C4H7ClOS2. The van der Waals surface area contributed by atoms with E-state index in [2.05, 4.69) is 0 Å². The highest BCUT2D eigenvalue weighted by molar-refractivity contribution is 8.23. The summed E-state index contributed by atoms with van der Waals surface area (Å²) < 4.78 is 5.42. The maximum Gasteiger partial charge on any atom is 0.221 e. The van der Waals surface area contributed by atoms with Gasteiger partial charge in [-0.2, -0.15) is 0 Å². The molecule has 0 aliphatic carbocycles. The minimum Gasteiger partial charge on any atom is -0.479 e. The average molecular weight is 171 g/mol. The third-order valence-electron chi connectivity index (χ3n) is 0.435. The maximum absolute atomic E-state index is 5.33. The van der Waals surface area contributed by atoms with E-state index >= 15 is 0 Å². The molecule has 0 heterocycles. The first-order valence-corrected chi connectivity index (χ1v) is 4.09. The second kappa shape index (κ2) is 5.66. The van der Waals surface area contributed by atoms with E-state index in [9.17, 15) is 0 Å². The van der Waals surface area contributed by atoms with E-state index in [0.29, 0.717) is 16.2 Å². The summed E-state index contributed by atoms with van der Waals surface area (Å²) in [6.07, 6.45) is 0. The van der Waals surface area contributed by atoms with Gasteiger partial charge in [0.25, 0.3) is 0 Å². The van der Waals surface area contributed by atoms with Gasteiger partial charge >= 0.3 is 0 Å². The number of ether oxygens (including phenoxy) is 1. The monoisotopic (exact) mass is 170 g/mol.